The Morgan fingerprint density at radius 2 is 0.520 bits per heavy atom. The molecule has 0 bridgehead atoms. The molecule has 0 saturated heterocycles. The molecule has 0 heterocycles. The van der Waals surface area contributed by atoms with Crippen LogP contribution in [0.25, 0.3) is 0 Å². The van der Waals surface area contributed by atoms with Gasteiger partial charge in [-0.3, -0.25) is 14.4 Å². The van der Waals surface area contributed by atoms with E-state index in [2.05, 4.69) is 142 Å². The van der Waals surface area contributed by atoms with E-state index in [1.54, 1.807) is 0 Å². The first-order valence-corrected chi connectivity index (χ1v) is 31.0. The smallest absolute Gasteiger partial charge is 0.306 e. The maximum Gasteiger partial charge on any atom is 0.306 e. The maximum atomic E-state index is 12.9. The molecule has 0 radical (unpaired) electrons. The zero-order chi connectivity index (χ0) is 54.3. The molecule has 1 unspecified atom stereocenters. The third kappa shape index (κ3) is 60.6. The second-order valence-corrected chi connectivity index (χ2v) is 20.2. The Morgan fingerprint density at radius 3 is 0.853 bits per heavy atom. The molecule has 6 heteroatoms. The molecule has 0 aliphatic carbocycles. The minimum Gasteiger partial charge on any atom is -0.462 e. The summed E-state index contributed by atoms with van der Waals surface area (Å²) in [6.07, 6.45) is 86.3. The fourth-order valence-electron chi connectivity index (χ4n) is 8.34. The van der Waals surface area contributed by atoms with Crippen molar-refractivity contribution in [2.45, 2.75) is 284 Å². The van der Waals surface area contributed by atoms with Crippen LogP contribution in [0.2, 0.25) is 0 Å². The number of unbranched alkanes of at least 4 members (excludes halogenated alkanes) is 24. The fraction of sp³-hybridized carbons (Fsp3) is 0.667. The molecule has 0 aliphatic heterocycles. The largest absolute Gasteiger partial charge is 0.462 e. The summed E-state index contributed by atoms with van der Waals surface area (Å²) in [5.74, 6) is -0.948. The maximum absolute atomic E-state index is 12.9. The van der Waals surface area contributed by atoms with Gasteiger partial charge in [0.2, 0.25) is 0 Å². The molecule has 0 N–H and O–H groups in total. The lowest BCUT2D eigenvalue weighted by Gasteiger charge is -2.18. The molecule has 426 valence electrons. The lowest BCUT2D eigenvalue weighted by molar-refractivity contribution is -0.167. The van der Waals surface area contributed by atoms with Crippen LogP contribution >= 0.6 is 0 Å². The summed E-state index contributed by atoms with van der Waals surface area (Å²) < 4.78 is 16.9. The third-order valence-corrected chi connectivity index (χ3v) is 12.9. The van der Waals surface area contributed by atoms with E-state index in [1.807, 2.05) is 0 Å². The minimum atomic E-state index is -0.804. The molecule has 6 nitrogen and oxygen atoms in total. The predicted octanol–water partition coefficient (Wildman–Crippen LogP) is 21.2. The van der Waals surface area contributed by atoms with E-state index in [1.165, 1.54) is 116 Å². The number of ether oxygens (including phenoxy) is 3. The topological polar surface area (TPSA) is 78.9 Å². The highest BCUT2D eigenvalue weighted by Gasteiger charge is 2.19. The Hall–Kier alpha value is -4.19. The molecule has 0 aromatic carbocycles. The van der Waals surface area contributed by atoms with Crippen LogP contribution in [0.1, 0.15) is 278 Å². The van der Waals surface area contributed by atoms with Crippen molar-refractivity contribution in [1.29, 1.82) is 0 Å². The van der Waals surface area contributed by atoms with Crippen LogP contribution in [-0.4, -0.2) is 37.2 Å². The van der Waals surface area contributed by atoms with Crippen molar-refractivity contribution in [2.24, 2.45) is 0 Å². The second kappa shape index (κ2) is 62.4. The van der Waals surface area contributed by atoms with E-state index < -0.39 is 6.10 Å². The van der Waals surface area contributed by atoms with Gasteiger partial charge in [0.05, 0.1) is 0 Å². The van der Waals surface area contributed by atoms with Gasteiger partial charge in [-0.2, -0.15) is 0 Å². The molecule has 0 amide bonds. The molecule has 0 fully saturated rings. The Balaban J connectivity index is 4.41. The quantitative estimate of drug-likeness (QED) is 0.0261. The minimum absolute atomic E-state index is 0.0982. The Kier molecular flexibility index (Phi) is 58.9. The van der Waals surface area contributed by atoms with E-state index in [9.17, 15) is 14.4 Å². The second-order valence-electron chi connectivity index (χ2n) is 20.2. The molecule has 0 aromatic heterocycles. The van der Waals surface area contributed by atoms with E-state index in [0.717, 1.165) is 122 Å². The van der Waals surface area contributed by atoms with Crippen molar-refractivity contribution < 1.29 is 28.6 Å². The molecule has 0 saturated carbocycles. The standard InChI is InChI=1S/C69H114O6/c1-4-7-10-13-16-19-22-25-28-30-31-32-33-34-35-36-37-39-41-44-47-50-53-56-59-62-68(71)74-65-66(64-73-67(70)61-58-55-52-49-46-43-40-27-24-21-18-15-12-9-6-3)75-69(72)63-60-57-54-51-48-45-42-38-29-26-23-20-17-14-11-8-5-2/h7,9-10,12,16,18-19,21,25-29,31-32,34-35,40,46,49,66H,4-6,8,11,13-15,17,20,22-24,30,33,36-39,41-45,47-48,50-65H2,1-3H3/b10-7-,12-9-,19-16-,21-18-,28-25-,29-26-,32-31-,35-34-,40-27-,49-46-. The zero-order valence-corrected chi connectivity index (χ0v) is 48.8. The average molecular weight is 1040 g/mol. The van der Waals surface area contributed by atoms with Gasteiger partial charge in [0.1, 0.15) is 13.2 Å². The molecule has 0 aliphatic rings. The highest BCUT2D eigenvalue weighted by molar-refractivity contribution is 5.71. The highest BCUT2D eigenvalue weighted by Crippen LogP contribution is 2.15. The summed E-state index contributed by atoms with van der Waals surface area (Å²) in [5, 5.41) is 0. The summed E-state index contributed by atoms with van der Waals surface area (Å²) in [6, 6.07) is 0. The van der Waals surface area contributed by atoms with Crippen molar-refractivity contribution in [1.82, 2.24) is 0 Å². The molecule has 1 atom stereocenters. The number of rotatable bonds is 55. The van der Waals surface area contributed by atoms with E-state index in [4.69, 9.17) is 14.2 Å². The number of carbonyl (C=O) groups excluding carboxylic acids is 3. The van der Waals surface area contributed by atoms with Crippen molar-refractivity contribution in [3.8, 4) is 0 Å². The fourth-order valence-corrected chi connectivity index (χ4v) is 8.34. The van der Waals surface area contributed by atoms with Crippen LogP contribution in [0.5, 0.6) is 0 Å². The van der Waals surface area contributed by atoms with Crippen molar-refractivity contribution in [2.75, 3.05) is 13.2 Å². The summed E-state index contributed by atoms with van der Waals surface area (Å²) in [5.41, 5.74) is 0. The summed E-state index contributed by atoms with van der Waals surface area (Å²) >= 11 is 0. The van der Waals surface area contributed by atoms with Crippen LogP contribution in [-0.2, 0) is 28.6 Å². The van der Waals surface area contributed by atoms with Gasteiger partial charge in [0.15, 0.2) is 6.10 Å². The van der Waals surface area contributed by atoms with Gasteiger partial charge in [-0.05, 0) is 128 Å². The van der Waals surface area contributed by atoms with Crippen LogP contribution < -0.4 is 0 Å². The molecule has 0 aromatic rings. The molecule has 0 rings (SSSR count). The highest BCUT2D eigenvalue weighted by atomic mass is 16.6. The van der Waals surface area contributed by atoms with Crippen LogP contribution in [0, 0.1) is 0 Å². The lowest BCUT2D eigenvalue weighted by atomic mass is 10.1. The van der Waals surface area contributed by atoms with Gasteiger partial charge >= 0.3 is 17.9 Å². The van der Waals surface area contributed by atoms with Crippen molar-refractivity contribution in [3.05, 3.63) is 122 Å². The first-order valence-electron chi connectivity index (χ1n) is 31.0. The van der Waals surface area contributed by atoms with Gasteiger partial charge in [0.25, 0.3) is 0 Å². The van der Waals surface area contributed by atoms with Crippen molar-refractivity contribution >= 4 is 17.9 Å². The number of hydrogen-bond donors (Lipinski definition) is 0. The lowest BCUT2D eigenvalue weighted by Crippen LogP contribution is -2.30. The number of allylic oxidation sites excluding steroid dienone is 20. The average Bonchev–Trinajstić information content (AvgIpc) is 3.41. The van der Waals surface area contributed by atoms with Crippen LogP contribution in [0.15, 0.2) is 122 Å². The Labute approximate surface area is 462 Å². The predicted molar refractivity (Wildman–Crippen MR) is 325 cm³/mol. The van der Waals surface area contributed by atoms with Gasteiger partial charge in [0, 0.05) is 19.3 Å². The number of hydrogen-bond acceptors (Lipinski definition) is 6. The normalized spacial score (nSPS) is 12.9. The monoisotopic (exact) mass is 1040 g/mol. The summed E-state index contributed by atoms with van der Waals surface area (Å²) in [6.45, 7) is 6.37. The number of carbonyl (C=O) groups is 3. The first kappa shape index (κ1) is 70.8. The summed E-state index contributed by atoms with van der Waals surface area (Å²) in [4.78, 5) is 38.3. The number of esters is 3. The molecular formula is C69H114O6. The van der Waals surface area contributed by atoms with Crippen molar-refractivity contribution in [3.63, 3.8) is 0 Å². The van der Waals surface area contributed by atoms with Crippen LogP contribution in [0.3, 0.4) is 0 Å². The molecule has 75 heavy (non-hydrogen) atoms. The third-order valence-electron chi connectivity index (χ3n) is 12.9. The first-order chi connectivity index (χ1) is 37.0. The SMILES string of the molecule is CC/C=C\C/C=C\C/C=C\C/C=C\C/C=C\CCCCCCCCCCCC(=O)OCC(COC(=O)CCCC/C=C\C/C=C\C/C=C\C/C=C\CC)OC(=O)CCCCCCCCC/C=C\CCCCCCCC. The van der Waals surface area contributed by atoms with Crippen LogP contribution in [0.4, 0.5) is 0 Å². The molecule has 0 spiro atoms. The van der Waals surface area contributed by atoms with E-state index >= 15 is 0 Å². The Bertz CT molecular complexity index is 1570. The summed E-state index contributed by atoms with van der Waals surface area (Å²) in [7, 11) is 0. The van der Waals surface area contributed by atoms with Gasteiger partial charge < -0.3 is 14.2 Å². The Morgan fingerprint density at radius 1 is 0.280 bits per heavy atom. The van der Waals surface area contributed by atoms with E-state index in [-0.39, 0.29) is 31.1 Å². The zero-order valence-electron chi connectivity index (χ0n) is 48.8. The van der Waals surface area contributed by atoms with Gasteiger partial charge in [-0.1, -0.05) is 251 Å². The van der Waals surface area contributed by atoms with Gasteiger partial charge in [-0.25, -0.2) is 0 Å². The van der Waals surface area contributed by atoms with E-state index in [0.29, 0.717) is 19.3 Å². The molecular weight excluding hydrogens is 925 g/mol. The van der Waals surface area contributed by atoms with Gasteiger partial charge in [-0.15, -0.1) is 0 Å².